The third-order valence-electron chi connectivity index (χ3n) is 1.35. The summed E-state index contributed by atoms with van der Waals surface area (Å²) in [5.41, 5.74) is 0. The zero-order chi connectivity index (χ0) is 12.9. The number of carboxylic acid groups (broad SMARTS) is 1. The van der Waals surface area contributed by atoms with Crippen LogP contribution in [0.2, 0.25) is 0 Å². The zero-order valence-corrected chi connectivity index (χ0v) is 12.7. The first kappa shape index (κ1) is 16.0. The van der Waals surface area contributed by atoms with E-state index in [-0.39, 0.29) is 0 Å². The van der Waals surface area contributed by atoms with E-state index in [1.807, 2.05) is 0 Å². The molecule has 0 fully saturated rings. The van der Waals surface area contributed by atoms with Crippen LogP contribution in [0.4, 0.5) is 0 Å². The first-order valence-corrected chi connectivity index (χ1v) is 6.82. The lowest BCUT2D eigenvalue weighted by Crippen LogP contribution is -2.26. The minimum Gasteiger partial charge on any atom is -0.480 e. The van der Waals surface area contributed by atoms with Crippen molar-refractivity contribution in [1.82, 2.24) is 9.80 Å². The monoisotopic (exact) mass is 298 g/mol. The molecule has 0 aromatic carbocycles. The Bertz CT molecular complexity index is 272. The Labute approximate surface area is 115 Å². The van der Waals surface area contributed by atoms with Gasteiger partial charge in [0.1, 0.15) is 8.64 Å². The van der Waals surface area contributed by atoms with Gasteiger partial charge in [0.2, 0.25) is 0 Å². The van der Waals surface area contributed by atoms with Crippen molar-refractivity contribution >= 4 is 62.6 Å². The van der Waals surface area contributed by atoms with E-state index in [0.717, 1.165) is 23.5 Å². The Kier molecular flexibility index (Phi) is 7.29. The average molecular weight is 298 g/mol. The van der Waals surface area contributed by atoms with Gasteiger partial charge in [-0.15, -0.1) is 0 Å². The molecule has 0 amide bonds. The number of rotatable bonds is 3. The molecule has 0 unspecified atom stereocenters. The highest BCUT2D eigenvalue weighted by Gasteiger charge is 2.24. The average Bonchev–Trinajstić information content (AvgIpc) is 2.15. The molecule has 0 spiro atoms. The molecule has 8 heteroatoms. The Morgan fingerprint density at radius 1 is 1.06 bits per heavy atom. The fourth-order valence-electron chi connectivity index (χ4n) is 0.519. The van der Waals surface area contributed by atoms with Crippen molar-refractivity contribution in [3.05, 3.63) is 0 Å². The van der Waals surface area contributed by atoms with Gasteiger partial charge in [-0.05, 0) is 0 Å². The molecule has 0 aliphatic heterocycles. The number of hydrogen-bond acceptors (Lipinski definition) is 5. The summed E-state index contributed by atoms with van der Waals surface area (Å²) in [7, 11) is 7.12. The van der Waals surface area contributed by atoms with Crippen LogP contribution in [-0.2, 0) is 4.79 Å². The van der Waals surface area contributed by atoms with Crippen molar-refractivity contribution in [3.8, 4) is 0 Å². The van der Waals surface area contributed by atoms with Crippen LogP contribution in [-0.4, -0.2) is 62.3 Å². The minimum atomic E-state index is -0.927. The van der Waals surface area contributed by atoms with Gasteiger partial charge >= 0.3 is 5.97 Å². The van der Waals surface area contributed by atoms with Crippen molar-refractivity contribution in [2.75, 3.05) is 28.2 Å². The van der Waals surface area contributed by atoms with Gasteiger partial charge in [-0.25, -0.2) is 0 Å². The van der Waals surface area contributed by atoms with Gasteiger partial charge in [0.15, 0.2) is 4.58 Å². The molecule has 0 aliphatic rings. The van der Waals surface area contributed by atoms with Crippen LogP contribution in [0.3, 0.4) is 0 Å². The van der Waals surface area contributed by atoms with Crippen LogP contribution < -0.4 is 0 Å². The van der Waals surface area contributed by atoms with Crippen molar-refractivity contribution in [2.24, 2.45) is 0 Å². The van der Waals surface area contributed by atoms with Crippen molar-refractivity contribution in [2.45, 2.75) is 4.58 Å². The van der Waals surface area contributed by atoms with Gasteiger partial charge in [-0.2, -0.15) is 0 Å². The predicted octanol–water partition coefficient (Wildman–Crippen LogP) is 1.56. The number of aliphatic carboxylic acids is 1. The standard InChI is InChI=1S/C8H14N2O2S4/c1-9(2)7(13)15-6(5(11)12)16-8(14)10(3)4/h6H,1-4H3,(H,11,12). The maximum absolute atomic E-state index is 11.0. The van der Waals surface area contributed by atoms with E-state index in [0.29, 0.717) is 8.64 Å². The van der Waals surface area contributed by atoms with E-state index in [4.69, 9.17) is 29.5 Å². The molecule has 0 saturated heterocycles. The number of carboxylic acids is 1. The quantitative estimate of drug-likeness (QED) is 0.622. The SMILES string of the molecule is CN(C)C(=S)SC(SC(=S)N(C)C)C(=O)O. The van der Waals surface area contributed by atoms with E-state index in [1.54, 1.807) is 38.0 Å². The van der Waals surface area contributed by atoms with Gasteiger partial charge in [-0.3, -0.25) is 4.79 Å². The van der Waals surface area contributed by atoms with E-state index in [1.165, 1.54) is 0 Å². The number of carbonyl (C=O) groups is 1. The molecule has 0 rings (SSSR count). The zero-order valence-electron chi connectivity index (χ0n) is 9.46. The summed E-state index contributed by atoms with van der Waals surface area (Å²) >= 11 is 12.3. The van der Waals surface area contributed by atoms with Crippen LogP contribution in [0.1, 0.15) is 0 Å². The van der Waals surface area contributed by atoms with Gasteiger partial charge in [0, 0.05) is 28.2 Å². The highest BCUT2D eigenvalue weighted by molar-refractivity contribution is 8.36. The molecule has 16 heavy (non-hydrogen) atoms. The van der Waals surface area contributed by atoms with Crippen molar-refractivity contribution in [1.29, 1.82) is 0 Å². The highest BCUT2D eigenvalue weighted by Crippen LogP contribution is 2.27. The lowest BCUT2D eigenvalue weighted by molar-refractivity contribution is -0.134. The molecule has 0 heterocycles. The fraction of sp³-hybridized carbons (Fsp3) is 0.625. The molecular formula is C8H14N2O2S4. The second kappa shape index (κ2) is 7.31. The molecule has 0 aromatic rings. The lowest BCUT2D eigenvalue weighted by atomic mass is 10.8. The van der Waals surface area contributed by atoms with E-state index in [2.05, 4.69) is 0 Å². The normalized spacial score (nSPS) is 10.1. The van der Waals surface area contributed by atoms with Crippen LogP contribution in [0.25, 0.3) is 0 Å². The second-order valence-electron chi connectivity index (χ2n) is 3.23. The Balaban J connectivity index is 4.46. The number of hydrogen-bond donors (Lipinski definition) is 1. The highest BCUT2D eigenvalue weighted by atomic mass is 32.2. The smallest absolute Gasteiger partial charge is 0.327 e. The van der Waals surface area contributed by atoms with Gasteiger partial charge in [0.05, 0.1) is 0 Å². The second-order valence-corrected chi connectivity index (χ2v) is 7.00. The fourth-order valence-corrected chi connectivity index (χ4v) is 3.19. The van der Waals surface area contributed by atoms with Crippen LogP contribution >= 0.6 is 48.0 Å². The summed E-state index contributed by atoms with van der Waals surface area (Å²) in [6.07, 6.45) is 0. The van der Waals surface area contributed by atoms with E-state index >= 15 is 0 Å². The summed E-state index contributed by atoms with van der Waals surface area (Å²) in [4.78, 5) is 14.4. The van der Waals surface area contributed by atoms with E-state index in [9.17, 15) is 4.79 Å². The Morgan fingerprint density at radius 3 is 1.56 bits per heavy atom. The minimum absolute atomic E-state index is 0.529. The maximum atomic E-state index is 11.0. The summed E-state index contributed by atoms with van der Waals surface area (Å²) in [6.45, 7) is 0. The van der Waals surface area contributed by atoms with Gasteiger partial charge < -0.3 is 14.9 Å². The van der Waals surface area contributed by atoms with Crippen molar-refractivity contribution in [3.63, 3.8) is 0 Å². The van der Waals surface area contributed by atoms with Gasteiger partial charge in [0.25, 0.3) is 0 Å². The molecule has 0 radical (unpaired) electrons. The van der Waals surface area contributed by atoms with E-state index < -0.39 is 10.6 Å². The first-order chi connectivity index (χ1) is 7.25. The Morgan fingerprint density at radius 2 is 1.38 bits per heavy atom. The molecule has 4 nitrogen and oxygen atoms in total. The topological polar surface area (TPSA) is 43.8 Å². The Hall–Kier alpha value is -0.0500. The van der Waals surface area contributed by atoms with Crippen molar-refractivity contribution < 1.29 is 9.90 Å². The van der Waals surface area contributed by atoms with Crippen LogP contribution in [0.5, 0.6) is 0 Å². The largest absolute Gasteiger partial charge is 0.480 e. The third-order valence-corrected chi connectivity index (χ3v) is 5.20. The molecule has 0 aromatic heterocycles. The molecular weight excluding hydrogens is 284 g/mol. The number of thiocarbonyl (C=S) groups is 2. The van der Waals surface area contributed by atoms with Crippen LogP contribution in [0, 0.1) is 0 Å². The number of nitrogens with zero attached hydrogens (tertiary/aromatic N) is 2. The number of thioether (sulfide) groups is 2. The maximum Gasteiger partial charge on any atom is 0.327 e. The lowest BCUT2D eigenvalue weighted by Gasteiger charge is -2.19. The molecule has 1 N–H and O–H groups in total. The summed E-state index contributed by atoms with van der Waals surface area (Å²) in [5.74, 6) is -0.927. The first-order valence-electron chi connectivity index (χ1n) is 4.24. The summed E-state index contributed by atoms with van der Waals surface area (Å²) < 4.78 is 0.354. The molecule has 0 saturated carbocycles. The molecule has 0 bridgehead atoms. The third kappa shape index (κ3) is 5.88. The molecule has 0 aliphatic carbocycles. The van der Waals surface area contributed by atoms with Crippen LogP contribution in [0.15, 0.2) is 0 Å². The predicted molar refractivity (Wildman–Crippen MR) is 79.2 cm³/mol. The molecule has 0 atom stereocenters. The summed E-state index contributed by atoms with van der Waals surface area (Å²) in [6, 6.07) is 0. The summed E-state index contributed by atoms with van der Waals surface area (Å²) in [5, 5.41) is 9.04. The van der Waals surface area contributed by atoms with Gasteiger partial charge in [-0.1, -0.05) is 48.0 Å². The molecule has 92 valence electrons.